The summed E-state index contributed by atoms with van der Waals surface area (Å²) in [4.78, 5) is 8.59. The number of rotatable bonds is 3. The lowest BCUT2D eigenvalue weighted by atomic mass is 9.86. The first-order valence-corrected chi connectivity index (χ1v) is 7.41. The summed E-state index contributed by atoms with van der Waals surface area (Å²) < 4.78 is 1.94. The van der Waals surface area contributed by atoms with E-state index in [0.29, 0.717) is 18.6 Å². The largest absolute Gasteiger partial charge is 0.396 e. The first-order chi connectivity index (χ1) is 9.67. The zero-order chi connectivity index (χ0) is 14.1. The monoisotopic (exact) mass is 294 g/mol. The Morgan fingerprint density at radius 2 is 2.10 bits per heavy atom. The average molecular weight is 295 g/mol. The molecule has 0 bridgehead atoms. The minimum absolute atomic E-state index is 0.269. The highest BCUT2D eigenvalue weighted by Gasteiger charge is 2.21. The lowest BCUT2D eigenvalue weighted by Crippen LogP contribution is -2.27. The zero-order valence-electron chi connectivity index (χ0n) is 11.5. The van der Waals surface area contributed by atoms with Crippen LogP contribution in [0.4, 0.5) is 5.82 Å². The number of hydrogen-bond acceptors (Lipinski definition) is 4. The topological polar surface area (TPSA) is 63.0 Å². The van der Waals surface area contributed by atoms with Crippen LogP contribution in [0.1, 0.15) is 25.7 Å². The van der Waals surface area contributed by atoms with Gasteiger partial charge in [0.1, 0.15) is 11.5 Å². The molecule has 0 radical (unpaired) electrons. The van der Waals surface area contributed by atoms with E-state index in [-0.39, 0.29) is 5.28 Å². The van der Waals surface area contributed by atoms with Gasteiger partial charge in [0.25, 0.3) is 0 Å². The maximum atomic E-state index is 9.19. The predicted molar refractivity (Wildman–Crippen MR) is 80.0 cm³/mol. The number of nitrogens with zero attached hydrogens (tertiary/aromatic N) is 3. The van der Waals surface area contributed by atoms with E-state index in [1.54, 1.807) is 0 Å². The van der Waals surface area contributed by atoms with Gasteiger partial charge in [0, 0.05) is 25.9 Å². The van der Waals surface area contributed by atoms with Gasteiger partial charge in [-0.05, 0) is 49.3 Å². The molecule has 1 fully saturated rings. The molecular weight excluding hydrogens is 276 g/mol. The summed E-state index contributed by atoms with van der Waals surface area (Å²) in [5.41, 5.74) is 0.844. The van der Waals surface area contributed by atoms with Crippen molar-refractivity contribution in [2.24, 2.45) is 13.0 Å². The van der Waals surface area contributed by atoms with Crippen molar-refractivity contribution in [3.63, 3.8) is 0 Å². The van der Waals surface area contributed by atoms with Crippen LogP contribution in [0.3, 0.4) is 0 Å². The molecule has 0 atom stereocenters. The highest BCUT2D eigenvalue weighted by molar-refractivity contribution is 6.28. The van der Waals surface area contributed by atoms with E-state index in [9.17, 15) is 5.11 Å². The summed E-state index contributed by atoms with van der Waals surface area (Å²) in [6, 6.07) is 2.40. The van der Waals surface area contributed by atoms with E-state index < -0.39 is 0 Å². The fourth-order valence-electron chi connectivity index (χ4n) is 2.90. The van der Waals surface area contributed by atoms with Crippen LogP contribution in [-0.2, 0) is 7.05 Å². The third-order valence-electron chi connectivity index (χ3n) is 4.14. The second kappa shape index (κ2) is 5.58. The van der Waals surface area contributed by atoms with Crippen molar-refractivity contribution in [2.75, 3.05) is 11.9 Å². The molecule has 0 spiro atoms. The van der Waals surface area contributed by atoms with Gasteiger partial charge in [0.15, 0.2) is 0 Å². The van der Waals surface area contributed by atoms with Crippen molar-refractivity contribution < 1.29 is 5.11 Å². The van der Waals surface area contributed by atoms with Gasteiger partial charge >= 0.3 is 0 Å². The Labute approximate surface area is 123 Å². The molecule has 0 aromatic carbocycles. The van der Waals surface area contributed by atoms with Crippen LogP contribution in [0.15, 0.2) is 12.3 Å². The Kier molecular flexibility index (Phi) is 3.81. The normalized spacial score (nSPS) is 23.1. The van der Waals surface area contributed by atoms with Gasteiger partial charge < -0.3 is 15.0 Å². The highest BCUT2D eigenvalue weighted by atomic mass is 35.5. The van der Waals surface area contributed by atoms with Crippen molar-refractivity contribution in [2.45, 2.75) is 31.7 Å². The summed E-state index contributed by atoms with van der Waals surface area (Å²) in [6.45, 7) is 0.301. The lowest BCUT2D eigenvalue weighted by molar-refractivity contribution is 0.186. The number of aryl methyl sites for hydroxylation is 1. The molecule has 1 saturated carbocycles. The second-order valence-corrected chi connectivity index (χ2v) is 5.89. The maximum absolute atomic E-state index is 9.19. The summed E-state index contributed by atoms with van der Waals surface area (Å²) in [6.07, 6.45) is 6.20. The first-order valence-electron chi connectivity index (χ1n) is 7.03. The Balaban J connectivity index is 1.81. The van der Waals surface area contributed by atoms with Crippen LogP contribution >= 0.6 is 11.6 Å². The first kappa shape index (κ1) is 13.6. The van der Waals surface area contributed by atoms with E-state index in [2.05, 4.69) is 15.3 Å². The highest BCUT2D eigenvalue weighted by Crippen LogP contribution is 2.29. The number of fused-ring (bicyclic) bond motifs is 1. The van der Waals surface area contributed by atoms with Crippen LogP contribution in [0.25, 0.3) is 11.0 Å². The van der Waals surface area contributed by atoms with Gasteiger partial charge in [-0.1, -0.05) is 0 Å². The number of aliphatic hydroxyl groups excluding tert-OH is 1. The number of halogens is 1. The molecular formula is C14H19ClN4O. The fraction of sp³-hybridized carbons (Fsp3) is 0.571. The molecule has 1 aliphatic rings. The molecule has 0 aliphatic heterocycles. The third-order valence-corrected chi connectivity index (χ3v) is 4.31. The molecule has 108 valence electrons. The number of hydrogen-bond donors (Lipinski definition) is 2. The molecule has 6 heteroatoms. The molecule has 2 aromatic rings. The van der Waals surface area contributed by atoms with Crippen LogP contribution < -0.4 is 5.32 Å². The molecule has 20 heavy (non-hydrogen) atoms. The SMILES string of the molecule is Cn1ccc2c(NC3CCC(CO)CC3)nc(Cl)nc21. The fourth-order valence-corrected chi connectivity index (χ4v) is 3.07. The van der Waals surface area contributed by atoms with Crippen LogP contribution in [0.2, 0.25) is 5.28 Å². The van der Waals surface area contributed by atoms with Crippen LogP contribution in [0.5, 0.6) is 0 Å². The Bertz CT molecular complexity index is 604. The van der Waals surface area contributed by atoms with Crippen molar-refractivity contribution in [1.82, 2.24) is 14.5 Å². The zero-order valence-corrected chi connectivity index (χ0v) is 12.3. The number of aliphatic hydroxyl groups is 1. The quantitative estimate of drug-likeness (QED) is 0.854. The molecule has 0 amide bonds. The van der Waals surface area contributed by atoms with Crippen LogP contribution in [0, 0.1) is 5.92 Å². The van der Waals surface area contributed by atoms with Crippen LogP contribution in [-0.4, -0.2) is 32.3 Å². The minimum Gasteiger partial charge on any atom is -0.396 e. The molecule has 1 aliphatic carbocycles. The molecule has 2 heterocycles. The van der Waals surface area contributed by atoms with Gasteiger partial charge in [0.05, 0.1) is 5.39 Å². The van der Waals surface area contributed by atoms with Gasteiger partial charge in [-0.25, -0.2) is 4.98 Å². The maximum Gasteiger partial charge on any atom is 0.226 e. The van der Waals surface area contributed by atoms with Crippen molar-refractivity contribution >= 4 is 28.5 Å². The molecule has 5 nitrogen and oxygen atoms in total. The Morgan fingerprint density at radius 1 is 1.35 bits per heavy atom. The predicted octanol–water partition coefficient (Wildman–Crippen LogP) is 2.58. The summed E-state index contributed by atoms with van der Waals surface area (Å²) in [7, 11) is 1.95. The van der Waals surface area contributed by atoms with Gasteiger partial charge in [-0.3, -0.25) is 0 Å². The van der Waals surface area contributed by atoms with Crippen molar-refractivity contribution in [3.05, 3.63) is 17.5 Å². The van der Waals surface area contributed by atoms with E-state index in [1.165, 1.54) is 0 Å². The molecule has 0 unspecified atom stereocenters. The Hall–Kier alpha value is -1.33. The van der Waals surface area contributed by atoms with Crippen molar-refractivity contribution in [1.29, 1.82) is 0 Å². The van der Waals surface area contributed by atoms with E-state index in [1.807, 2.05) is 23.9 Å². The number of anilines is 1. The summed E-state index contributed by atoms with van der Waals surface area (Å²) >= 11 is 6.01. The minimum atomic E-state index is 0.269. The summed E-state index contributed by atoms with van der Waals surface area (Å²) in [5, 5.41) is 13.9. The Morgan fingerprint density at radius 3 is 2.80 bits per heavy atom. The van der Waals surface area contributed by atoms with Gasteiger partial charge in [-0.15, -0.1) is 0 Å². The van der Waals surface area contributed by atoms with Gasteiger partial charge in [-0.2, -0.15) is 4.98 Å². The molecule has 0 saturated heterocycles. The third kappa shape index (κ3) is 2.60. The molecule has 2 aromatic heterocycles. The average Bonchev–Trinajstić information content (AvgIpc) is 2.81. The van der Waals surface area contributed by atoms with E-state index in [4.69, 9.17) is 11.6 Å². The van der Waals surface area contributed by atoms with E-state index in [0.717, 1.165) is 42.5 Å². The standard InChI is InChI=1S/C14H19ClN4O/c1-19-7-6-11-12(17-14(15)18-13(11)19)16-10-4-2-9(8-20)3-5-10/h6-7,9-10,20H,2-5,8H2,1H3,(H,16,17,18). The van der Waals surface area contributed by atoms with Gasteiger partial charge in [0.2, 0.25) is 5.28 Å². The van der Waals surface area contributed by atoms with Crippen molar-refractivity contribution in [3.8, 4) is 0 Å². The summed E-state index contributed by atoms with van der Waals surface area (Å²) in [5.74, 6) is 1.27. The number of aromatic nitrogens is 3. The number of nitrogens with one attached hydrogen (secondary N) is 1. The lowest BCUT2D eigenvalue weighted by Gasteiger charge is -2.28. The molecule has 3 rings (SSSR count). The second-order valence-electron chi connectivity index (χ2n) is 5.55. The smallest absolute Gasteiger partial charge is 0.226 e. The molecule has 2 N–H and O–H groups in total. The van der Waals surface area contributed by atoms with E-state index >= 15 is 0 Å².